The fraction of sp³-hybridized carbons (Fsp3) is 0.714. The maximum absolute atomic E-state index is 3.63. The Morgan fingerprint density at radius 1 is 1.47 bits per heavy atom. The zero-order valence-corrected chi connectivity index (χ0v) is 12.3. The molecule has 1 saturated heterocycles. The number of aromatic nitrogens is 1. The molecule has 0 spiro atoms. The van der Waals surface area contributed by atoms with Gasteiger partial charge in [0.15, 0.2) is 0 Å². The van der Waals surface area contributed by atoms with Crippen LogP contribution in [0.4, 0.5) is 0 Å². The summed E-state index contributed by atoms with van der Waals surface area (Å²) < 4.78 is 2.74. The number of aryl methyl sites for hydroxylation is 1. The smallest absolute Gasteiger partial charge is 0.0256 e. The van der Waals surface area contributed by atoms with Crippen LogP contribution in [0, 0.1) is 13.8 Å². The molecule has 0 saturated carbocycles. The summed E-state index contributed by atoms with van der Waals surface area (Å²) in [6, 6.07) is 2.30. The second-order valence-electron chi connectivity index (χ2n) is 5.46. The molecule has 1 N–H and O–H groups in total. The molecule has 0 amide bonds. The Morgan fingerprint density at radius 3 is 2.76 bits per heavy atom. The number of thioether (sulfide) groups is 1. The number of hydrogen-bond donors (Lipinski definition) is 1. The van der Waals surface area contributed by atoms with E-state index < -0.39 is 0 Å². The van der Waals surface area contributed by atoms with E-state index >= 15 is 0 Å². The fourth-order valence-corrected chi connectivity index (χ4v) is 3.82. The quantitative estimate of drug-likeness (QED) is 0.887. The van der Waals surface area contributed by atoms with E-state index in [4.69, 9.17) is 0 Å². The number of nitrogens with zero attached hydrogens (tertiary/aromatic N) is 1. The zero-order valence-electron chi connectivity index (χ0n) is 11.5. The van der Waals surface area contributed by atoms with Crippen LogP contribution in [0.25, 0.3) is 0 Å². The van der Waals surface area contributed by atoms with E-state index in [9.17, 15) is 0 Å². The lowest BCUT2D eigenvalue weighted by molar-refractivity contribution is 0.536. The first-order chi connectivity index (χ1) is 8.02. The normalized spacial score (nSPS) is 24.5. The first-order valence-corrected chi connectivity index (χ1v) is 7.47. The Hall–Kier alpha value is -0.410. The highest BCUT2D eigenvalue weighted by Crippen LogP contribution is 2.37. The van der Waals surface area contributed by atoms with Crippen molar-refractivity contribution in [1.29, 1.82) is 0 Å². The van der Waals surface area contributed by atoms with Gasteiger partial charge in [0.2, 0.25) is 0 Å². The number of rotatable bonds is 4. The molecule has 1 fully saturated rings. The molecule has 2 heterocycles. The summed E-state index contributed by atoms with van der Waals surface area (Å²) in [4.78, 5) is 0. The van der Waals surface area contributed by atoms with Crippen molar-refractivity contribution >= 4 is 11.8 Å². The minimum Gasteiger partial charge on any atom is -0.352 e. The van der Waals surface area contributed by atoms with E-state index in [-0.39, 0.29) is 0 Å². The SMILES string of the molecule is Cc1cc(CNCC2(C)CCCS2)c(C)n1C. The van der Waals surface area contributed by atoms with Gasteiger partial charge in [-0.25, -0.2) is 0 Å². The molecule has 1 aromatic rings. The van der Waals surface area contributed by atoms with Crippen molar-refractivity contribution in [2.45, 2.75) is 44.9 Å². The highest BCUT2D eigenvalue weighted by atomic mass is 32.2. The van der Waals surface area contributed by atoms with Gasteiger partial charge in [-0.05, 0) is 51.0 Å². The molecule has 2 nitrogen and oxygen atoms in total. The lowest BCUT2D eigenvalue weighted by atomic mass is 10.1. The van der Waals surface area contributed by atoms with Gasteiger partial charge in [0.1, 0.15) is 0 Å². The summed E-state index contributed by atoms with van der Waals surface area (Å²) in [7, 11) is 2.14. The van der Waals surface area contributed by atoms with Crippen molar-refractivity contribution in [3.05, 3.63) is 23.0 Å². The van der Waals surface area contributed by atoms with Crippen LogP contribution in [-0.2, 0) is 13.6 Å². The number of nitrogens with one attached hydrogen (secondary N) is 1. The van der Waals surface area contributed by atoms with Crippen LogP contribution >= 0.6 is 11.8 Å². The molecular weight excluding hydrogens is 228 g/mol. The van der Waals surface area contributed by atoms with Crippen molar-refractivity contribution in [2.24, 2.45) is 7.05 Å². The van der Waals surface area contributed by atoms with Crippen LogP contribution < -0.4 is 5.32 Å². The van der Waals surface area contributed by atoms with Crippen molar-refractivity contribution in [3.63, 3.8) is 0 Å². The second-order valence-corrected chi connectivity index (χ2v) is 7.14. The van der Waals surface area contributed by atoms with E-state index in [0.29, 0.717) is 4.75 Å². The van der Waals surface area contributed by atoms with Crippen LogP contribution in [0.2, 0.25) is 0 Å². The molecule has 0 bridgehead atoms. The Balaban J connectivity index is 1.87. The highest BCUT2D eigenvalue weighted by Gasteiger charge is 2.28. The lowest BCUT2D eigenvalue weighted by Gasteiger charge is -2.23. The van der Waals surface area contributed by atoms with Gasteiger partial charge in [0.05, 0.1) is 0 Å². The third-order valence-electron chi connectivity index (χ3n) is 3.99. The van der Waals surface area contributed by atoms with Crippen molar-refractivity contribution in [2.75, 3.05) is 12.3 Å². The summed E-state index contributed by atoms with van der Waals surface area (Å²) in [5.41, 5.74) is 4.18. The molecule has 1 aromatic heterocycles. The minimum atomic E-state index is 0.470. The summed E-state index contributed by atoms with van der Waals surface area (Å²) in [6.07, 6.45) is 2.74. The Bertz CT molecular complexity index is 389. The molecule has 3 heteroatoms. The predicted octanol–water partition coefficient (Wildman–Crippen LogP) is 3.02. The van der Waals surface area contributed by atoms with Crippen molar-refractivity contribution < 1.29 is 0 Å². The standard InChI is InChI=1S/C14H24N2S/c1-11-8-13(12(2)16(11)4)9-15-10-14(3)6-5-7-17-14/h8,15H,5-7,9-10H2,1-4H3. The van der Waals surface area contributed by atoms with E-state index in [1.54, 1.807) is 0 Å². The van der Waals surface area contributed by atoms with Gasteiger partial charge in [-0.15, -0.1) is 0 Å². The summed E-state index contributed by atoms with van der Waals surface area (Å²) in [6.45, 7) is 8.90. The third-order valence-corrected chi connectivity index (χ3v) is 5.53. The average Bonchev–Trinajstić information content (AvgIpc) is 2.81. The second kappa shape index (κ2) is 5.07. The largest absolute Gasteiger partial charge is 0.352 e. The van der Waals surface area contributed by atoms with E-state index in [2.05, 4.69) is 55.5 Å². The number of hydrogen-bond acceptors (Lipinski definition) is 2. The van der Waals surface area contributed by atoms with Crippen molar-refractivity contribution in [3.8, 4) is 0 Å². The molecule has 0 radical (unpaired) electrons. The maximum Gasteiger partial charge on any atom is 0.0256 e. The molecule has 1 aliphatic heterocycles. The van der Waals surface area contributed by atoms with Crippen LogP contribution in [-0.4, -0.2) is 21.6 Å². The van der Waals surface area contributed by atoms with Crippen LogP contribution in [0.3, 0.4) is 0 Å². The summed E-state index contributed by atoms with van der Waals surface area (Å²) >= 11 is 2.12. The molecule has 1 aliphatic rings. The molecule has 0 aromatic carbocycles. The van der Waals surface area contributed by atoms with E-state index in [1.165, 1.54) is 35.5 Å². The van der Waals surface area contributed by atoms with Crippen LogP contribution in [0.1, 0.15) is 36.7 Å². The minimum absolute atomic E-state index is 0.470. The summed E-state index contributed by atoms with van der Waals surface area (Å²) in [5.74, 6) is 1.33. The fourth-order valence-electron chi connectivity index (χ4n) is 2.55. The van der Waals surface area contributed by atoms with Gasteiger partial charge in [-0.2, -0.15) is 11.8 Å². The third kappa shape index (κ3) is 2.89. The van der Waals surface area contributed by atoms with Gasteiger partial charge >= 0.3 is 0 Å². The first-order valence-electron chi connectivity index (χ1n) is 6.48. The Labute approximate surface area is 109 Å². The summed E-state index contributed by atoms with van der Waals surface area (Å²) in [5, 5.41) is 3.63. The molecule has 17 heavy (non-hydrogen) atoms. The van der Waals surface area contributed by atoms with Crippen LogP contribution in [0.15, 0.2) is 6.07 Å². The van der Waals surface area contributed by atoms with Crippen molar-refractivity contribution in [1.82, 2.24) is 9.88 Å². The zero-order chi connectivity index (χ0) is 12.5. The molecule has 2 rings (SSSR count). The maximum atomic E-state index is 3.63. The molecular formula is C14H24N2S. The highest BCUT2D eigenvalue weighted by molar-refractivity contribution is 8.00. The predicted molar refractivity (Wildman–Crippen MR) is 76.7 cm³/mol. The van der Waals surface area contributed by atoms with E-state index in [1.807, 2.05) is 0 Å². The Morgan fingerprint density at radius 2 is 2.24 bits per heavy atom. The van der Waals surface area contributed by atoms with Gasteiger partial charge in [0, 0.05) is 36.3 Å². The Kier molecular flexibility index (Phi) is 3.88. The lowest BCUT2D eigenvalue weighted by Crippen LogP contribution is -2.32. The van der Waals surface area contributed by atoms with Gasteiger partial charge in [0.25, 0.3) is 0 Å². The van der Waals surface area contributed by atoms with E-state index in [0.717, 1.165) is 13.1 Å². The van der Waals surface area contributed by atoms with Gasteiger partial charge in [-0.1, -0.05) is 0 Å². The monoisotopic (exact) mass is 252 g/mol. The molecule has 1 atom stereocenters. The average molecular weight is 252 g/mol. The van der Waals surface area contributed by atoms with Crippen LogP contribution in [0.5, 0.6) is 0 Å². The first kappa shape index (κ1) is 13.0. The molecule has 1 unspecified atom stereocenters. The molecule has 96 valence electrons. The topological polar surface area (TPSA) is 17.0 Å². The van der Waals surface area contributed by atoms with Gasteiger partial charge < -0.3 is 9.88 Å². The van der Waals surface area contributed by atoms with Gasteiger partial charge in [-0.3, -0.25) is 0 Å². The molecule has 0 aliphatic carbocycles.